The van der Waals surface area contributed by atoms with Gasteiger partial charge in [-0.1, -0.05) is 24.3 Å². The van der Waals surface area contributed by atoms with Gasteiger partial charge in [-0.3, -0.25) is 0 Å². The maximum Gasteiger partial charge on any atom is 0.573 e. The summed E-state index contributed by atoms with van der Waals surface area (Å²) in [4.78, 5) is 0. The van der Waals surface area contributed by atoms with E-state index in [0.29, 0.717) is 11.8 Å². The van der Waals surface area contributed by atoms with Crippen LogP contribution in [0.15, 0.2) is 36.4 Å². The summed E-state index contributed by atoms with van der Waals surface area (Å²) in [6.45, 7) is 0. The standard InChI is InChI=1S/C17H19F5O/c18-16(19)3-1-2-12-4-6-13(7-5-12)14-8-10-15(11-9-14)23-17(20,21)22/h1-2,8-13,16H,3-7H2/b2-1+/t12-,13-. The number of ether oxygens (including phenoxy) is 1. The first-order valence-corrected chi connectivity index (χ1v) is 7.64. The number of allylic oxidation sites excluding steroid dienone is 2. The Hall–Kier alpha value is -1.59. The lowest BCUT2D eigenvalue weighted by Crippen LogP contribution is -2.17. The maximum absolute atomic E-state index is 12.1. The second kappa shape index (κ2) is 7.79. The van der Waals surface area contributed by atoms with E-state index in [1.165, 1.54) is 12.1 Å². The van der Waals surface area contributed by atoms with Crippen molar-refractivity contribution in [2.24, 2.45) is 5.92 Å². The molecule has 0 spiro atoms. The molecule has 0 N–H and O–H groups in total. The van der Waals surface area contributed by atoms with Crippen molar-refractivity contribution in [3.8, 4) is 5.75 Å². The number of rotatable bonds is 5. The Balaban J connectivity index is 1.84. The van der Waals surface area contributed by atoms with Crippen molar-refractivity contribution in [3.63, 3.8) is 0 Å². The van der Waals surface area contributed by atoms with Crippen LogP contribution >= 0.6 is 0 Å². The van der Waals surface area contributed by atoms with E-state index >= 15 is 0 Å². The van der Waals surface area contributed by atoms with Crippen LogP contribution in [-0.4, -0.2) is 12.8 Å². The Morgan fingerprint density at radius 1 is 1.04 bits per heavy atom. The summed E-state index contributed by atoms with van der Waals surface area (Å²) in [6.07, 6.45) is -0.158. The molecule has 0 amide bonds. The largest absolute Gasteiger partial charge is 0.573 e. The van der Waals surface area contributed by atoms with Crippen molar-refractivity contribution in [1.29, 1.82) is 0 Å². The van der Waals surface area contributed by atoms with Gasteiger partial charge in [0, 0.05) is 6.42 Å². The lowest BCUT2D eigenvalue weighted by molar-refractivity contribution is -0.274. The Morgan fingerprint density at radius 2 is 1.65 bits per heavy atom. The van der Waals surface area contributed by atoms with Crippen molar-refractivity contribution in [3.05, 3.63) is 42.0 Å². The molecule has 1 nitrogen and oxygen atoms in total. The van der Waals surface area contributed by atoms with Gasteiger partial charge in [-0.25, -0.2) is 8.78 Å². The molecule has 0 radical (unpaired) electrons. The van der Waals surface area contributed by atoms with Crippen molar-refractivity contribution in [2.45, 2.75) is 50.8 Å². The Kier molecular flexibility index (Phi) is 6.02. The highest BCUT2D eigenvalue weighted by Gasteiger charge is 2.31. The van der Waals surface area contributed by atoms with E-state index < -0.39 is 12.8 Å². The number of halogens is 5. The van der Waals surface area contributed by atoms with Gasteiger partial charge in [0.1, 0.15) is 5.75 Å². The van der Waals surface area contributed by atoms with Crippen LogP contribution in [0.3, 0.4) is 0 Å². The van der Waals surface area contributed by atoms with E-state index in [2.05, 4.69) is 4.74 Å². The summed E-state index contributed by atoms with van der Waals surface area (Å²) in [6, 6.07) is 5.99. The summed E-state index contributed by atoms with van der Waals surface area (Å²) < 4.78 is 64.4. The predicted molar refractivity (Wildman–Crippen MR) is 77.6 cm³/mol. The normalized spacial score (nSPS) is 22.7. The van der Waals surface area contributed by atoms with Crippen LogP contribution in [0, 0.1) is 5.92 Å². The van der Waals surface area contributed by atoms with Crippen LogP contribution in [0.25, 0.3) is 0 Å². The number of hydrogen-bond acceptors (Lipinski definition) is 1. The summed E-state index contributed by atoms with van der Waals surface area (Å²) in [5, 5.41) is 0. The topological polar surface area (TPSA) is 9.23 Å². The van der Waals surface area contributed by atoms with Crippen LogP contribution in [0.2, 0.25) is 0 Å². The third-order valence-corrected chi connectivity index (χ3v) is 4.08. The van der Waals surface area contributed by atoms with Crippen LogP contribution in [0.5, 0.6) is 5.75 Å². The lowest BCUT2D eigenvalue weighted by Gasteiger charge is -2.27. The SMILES string of the molecule is FC(F)C/C=C/[C@H]1CC[C@H](c2ccc(OC(F)(F)F)cc2)CC1. The zero-order valence-electron chi connectivity index (χ0n) is 12.5. The molecule has 2 rings (SSSR count). The third-order valence-electron chi connectivity index (χ3n) is 4.08. The fourth-order valence-electron chi connectivity index (χ4n) is 2.96. The van der Waals surface area contributed by atoms with Gasteiger partial charge in [-0.2, -0.15) is 0 Å². The highest BCUT2D eigenvalue weighted by atomic mass is 19.4. The molecule has 0 unspecified atom stereocenters. The van der Waals surface area contributed by atoms with Crippen LogP contribution < -0.4 is 4.74 Å². The molecule has 1 aliphatic carbocycles. The summed E-state index contributed by atoms with van der Waals surface area (Å²) >= 11 is 0. The molecule has 0 bridgehead atoms. The molecule has 0 heterocycles. The van der Waals surface area contributed by atoms with E-state index in [9.17, 15) is 22.0 Å². The molecule has 23 heavy (non-hydrogen) atoms. The summed E-state index contributed by atoms with van der Waals surface area (Å²) in [5.41, 5.74) is 0.995. The van der Waals surface area contributed by atoms with Crippen molar-refractivity contribution in [2.75, 3.05) is 0 Å². The van der Waals surface area contributed by atoms with E-state index in [-0.39, 0.29) is 12.2 Å². The molecular formula is C17H19F5O. The smallest absolute Gasteiger partial charge is 0.406 e. The second-order valence-corrected chi connectivity index (χ2v) is 5.78. The van der Waals surface area contributed by atoms with Crippen molar-refractivity contribution >= 4 is 0 Å². The number of hydrogen-bond donors (Lipinski definition) is 0. The molecule has 1 aliphatic rings. The maximum atomic E-state index is 12.1. The van der Waals surface area contributed by atoms with Crippen molar-refractivity contribution in [1.82, 2.24) is 0 Å². The minimum absolute atomic E-state index is 0.208. The minimum atomic E-state index is -4.68. The van der Waals surface area contributed by atoms with Gasteiger partial charge in [0.05, 0.1) is 0 Å². The number of alkyl halides is 5. The fraction of sp³-hybridized carbons (Fsp3) is 0.529. The predicted octanol–water partition coefficient (Wildman–Crippen LogP) is 6.07. The summed E-state index contributed by atoms with van der Waals surface area (Å²) in [7, 11) is 0. The van der Waals surface area contributed by atoms with Crippen LogP contribution in [0.4, 0.5) is 22.0 Å². The number of benzene rings is 1. The molecule has 0 atom stereocenters. The third kappa shape index (κ3) is 6.20. The molecule has 0 aromatic heterocycles. The highest BCUT2D eigenvalue weighted by molar-refractivity contribution is 5.30. The Bertz CT molecular complexity index is 499. The molecule has 1 fully saturated rings. The Labute approximate surface area is 132 Å². The highest BCUT2D eigenvalue weighted by Crippen LogP contribution is 2.37. The van der Waals surface area contributed by atoms with Crippen LogP contribution in [-0.2, 0) is 0 Å². The first kappa shape index (κ1) is 17.8. The van der Waals surface area contributed by atoms with E-state index in [0.717, 1.165) is 31.2 Å². The average molecular weight is 334 g/mol. The van der Waals surface area contributed by atoms with Gasteiger partial charge in [0.25, 0.3) is 0 Å². The lowest BCUT2D eigenvalue weighted by atomic mass is 9.78. The van der Waals surface area contributed by atoms with E-state index in [1.54, 1.807) is 18.2 Å². The molecular weight excluding hydrogens is 315 g/mol. The molecule has 0 aliphatic heterocycles. The van der Waals surface area contributed by atoms with Crippen molar-refractivity contribution < 1.29 is 26.7 Å². The monoisotopic (exact) mass is 334 g/mol. The second-order valence-electron chi connectivity index (χ2n) is 5.78. The summed E-state index contributed by atoms with van der Waals surface area (Å²) in [5.74, 6) is 0.400. The molecule has 128 valence electrons. The van der Waals surface area contributed by atoms with Gasteiger partial charge in [-0.05, 0) is 55.2 Å². The van der Waals surface area contributed by atoms with Gasteiger partial charge in [0.2, 0.25) is 6.43 Å². The average Bonchev–Trinajstić information content (AvgIpc) is 2.47. The molecule has 1 saturated carbocycles. The molecule has 1 aromatic carbocycles. The quantitative estimate of drug-likeness (QED) is 0.469. The zero-order valence-corrected chi connectivity index (χ0v) is 12.5. The van der Waals surface area contributed by atoms with Gasteiger partial charge in [-0.15, -0.1) is 13.2 Å². The minimum Gasteiger partial charge on any atom is -0.406 e. The molecule has 6 heteroatoms. The van der Waals surface area contributed by atoms with Gasteiger partial charge in [0.15, 0.2) is 0 Å². The zero-order chi connectivity index (χ0) is 16.9. The first-order chi connectivity index (χ1) is 10.8. The van der Waals surface area contributed by atoms with Gasteiger partial charge >= 0.3 is 6.36 Å². The first-order valence-electron chi connectivity index (χ1n) is 7.64. The molecule has 1 aromatic rings. The van der Waals surface area contributed by atoms with Crippen LogP contribution in [0.1, 0.15) is 43.6 Å². The molecule has 0 saturated heterocycles. The fourth-order valence-corrected chi connectivity index (χ4v) is 2.96. The van der Waals surface area contributed by atoms with Gasteiger partial charge < -0.3 is 4.74 Å². The van der Waals surface area contributed by atoms with E-state index in [1.807, 2.05) is 6.08 Å². The Morgan fingerprint density at radius 3 is 2.17 bits per heavy atom. The van der Waals surface area contributed by atoms with E-state index in [4.69, 9.17) is 0 Å².